The first-order valence-electron chi connectivity index (χ1n) is 5.66. The lowest BCUT2D eigenvalue weighted by Crippen LogP contribution is -2.09. The summed E-state index contributed by atoms with van der Waals surface area (Å²) >= 11 is 0. The maximum atomic E-state index is 4.43. The zero-order valence-electron chi connectivity index (χ0n) is 9.06. The van der Waals surface area contributed by atoms with Gasteiger partial charge in [0.05, 0.1) is 11.8 Å². The number of nitrogens with zero attached hydrogens (tertiary/aromatic N) is 1. The van der Waals surface area contributed by atoms with Crippen molar-refractivity contribution >= 4 is 5.71 Å². The van der Waals surface area contributed by atoms with Crippen LogP contribution in [0.5, 0.6) is 0 Å². The minimum atomic E-state index is 0.345. The largest absolute Gasteiger partial charge is 0.302 e. The Kier molecular flexibility index (Phi) is 2.33. The fourth-order valence-electron chi connectivity index (χ4n) is 2.18. The summed E-state index contributed by atoms with van der Waals surface area (Å²) in [6.45, 7) is 0. The summed E-state index contributed by atoms with van der Waals surface area (Å²) in [5, 5.41) is 4.43. The Balaban J connectivity index is 1.72. The van der Waals surface area contributed by atoms with Gasteiger partial charge >= 0.3 is 0 Å². The Morgan fingerprint density at radius 3 is 2.81 bits per heavy atom. The normalized spacial score (nSPS) is 22.9. The number of rotatable bonds is 2. The van der Waals surface area contributed by atoms with Crippen molar-refractivity contribution < 1.29 is 0 Å². The van der Waals surface area contributed by atoms with E-state index in [-0.39, 0.29) is 0 Å². The van der Waals surface area contributed by atoms with Gasteiger partial charge in [0.25, 0.3) is 0 Å². The third-order valence-corrected chi connectivity index (χ3v) is 3.10. The molecule has 1 aromatic rings. The topological polar surface area (TPSA) is 24.4 Å². The number of hydrogen-bond donors (Lipinski definition) is 1. The van der Waals surface area contributed by atoms with E-state index in [1.54, 1.807) is 0 Å². The standard InChI is InChI=1S/C14H14N2/c1-2-6-11(7-3-1)13-10-14(16-15-13)12-8-4-5-9-12/h1-8,13,15H,9-10H2. The van der Waals surface area contributed by atoms with Gasteiger partial charge in [-0.05, 0) is 17.6 Å². The number of hydrazone groups is 1. The van der Waals surface area contributed by atoms with Crippen molar-refractivity contribution in [1.29, 1.82) is 0 Å². The second-order valence-corrected chi connectivity index (χ2v) is 4.18. The number of nitrogens with one attached hydrogen (secondary N) is 1. The fourth-order valence-corrected chi connectivity index (χ4v) is 2.18. The van der Waals surface area contributed by atoms with Gasteiger partial charge in [-0.3, -0.25) is 0 Å². The minimum Gasteiger partial charge on any atom is -0.302 e. The first-order chi connectivity index (χ1) is 7.93. The second kappa shape index (κ2) is 3.97. The number of benzene rings is 1. The van der Waals surface area contributed by atoms with E-state index >= 15 is 0 Å². The molecule has 2 heteroatoms. The molecule has 80 valence electrons. The molecule has 2 nitrogen and oxygen atoms in total. The van der Waals surface area contributed by atoms with E-state index in [1.807, 2.05) is 6.07 Å². The Bertz CT molecular complexity index is 469. The predicted octanol–water partition coefficient (Wildman–Crippen LogP) is 2.96. The molecule has 1 aliphatic heterocycles. The molecule has 16 heavy (non-hydrogen) atoms. The highest BCUT2D eigenvalue weighted by Crippen LogP contribution is 2.26. The van der Waals surface area contributed by atoms with Crippen molar-refractivity contribution in [3.8, 4) is 0 Å². The van der Waals surface area contributed by atoms with E-state index in [1.165, 1.54) is 16.8 Å². The number of hydrogen-bond acceptors (Lipinski definition) is 2. The smallest absolute Gasteiger partial charge is 0.0745 e. The van der Waals surface area contributed by atoms with Crippen LogP contribution in [0.2, 0.25) is 0 Å². The third-order valence-electron chi connectivity index (χ3n) is 3.10. The zero-order valence-corrected chi connectivity index (χ0v) is 9.06. The highest BCUT2D eigenvalue weighted by molar-refractivity contribution is 6.02. The van der Waals surface area contributed by atoms with Crippen molar-refractivity contribution in [3.05, 3.63) is 59.7 Å². The molecule has 1 aromatic carbocycles. The van der Waals surface area contributed by atoms with E-state index in [0.29, 0.717) is 6.04 Å². The van der Waals surface area contributed by atoms with Crippen LogP contribution >= 0.6 is 0 Å². The van der Waals surface area contributed by atoms with Crippen molar-refractivity contribution in [1.82, 2.24) is 5.43 Å². The molecule has 0 radical (unpaired) electrons. The summed E-state index contributed by atoms with van der Waals surface area (Å²) < 4.78 is 0. The van der Waals surface area contributed by atoms with Gasteiger partial charge in [0.15, 0.2) is 0 Å². The molecule has 0 saturated heterocycles. The van der Waals surface area contributed by atoms with Crippen LogP contribution in [0.15, 0.2) is 59.2 Å². The molecule has 0 fully saturated rings. The van der Waals surface area contributed by atoms with Crippen molar-refractivity contribution in [2.24, 2.45) is 5.10 Å². The summed E-state index contributed by atoms with van der Waals surface area (Å²) in [5.74, 6) is 0. The molecule has 0 amide bonds. The van der Waals surface area contributed by atoms with Crippen LogP contribution in [0.3, 0.4) is 0 Å². The molecule has 1 aliphatic carbocycles. The molecule has 1 atom stereocenters. The minimum absolute atomic E-state index is 0.345. The second-order valence-electron chi connectivity index (χ2n) is 4.18. The fraction of sp³-hybridized carbons (Fsp3) is 0.214. The van der Waals surface area contributed by atoms with Crippen LogP contribution in [0.25, 0.3) is 0 Å². The van der Waals surface area contributed by atoms with Crippen LogP contribution in [-0.2, 0) is 0 Å². The first kappa shape index (κ1) is 9.40. The molecule has 1 N–H and O–H groups in total. The average Bonchev–Trinajstić information content (AvgIpc) is 3.01. The van der Waals surface area contributed by atoms with Crippen LogP contribution in [0.4, 0.5) is 0 Å². The summed E-state index contributed by atoms with van der Waals surface area (Å²) in [6, 6.07) is 10.8. The molecule has 0 saturated carbocycles. The SMILES string of the molecule is C1=CCC(C2=NNC(c3ccccc3)C2)=C1. The maximum Gasteiger partial charge on any atom is 0.0745 e. The Morgan fingerprint density at radius 1 is 1.19 bits per heavy atom. The highest BCUT2D eigenvalue weighted by Gasteiger charge is 2.22. The van der Waals surface area contributed by atoms with Gasteiger partial charge in [0.2, 0.25) is 0 Å². The summed E-state index contributed by atoms with van der Waals surface area (Å²) in [4.78, 5) is 0. The van der Waals surface area contributed by atoms with Gasteiger partial charge in [-0.1, -0.05) is 48.6 Å². The van der Waals surface area contributed by atoms with E-state index in [0.717, 1.165) is 12.8 Å². The van der Waals surface area contributed by atoms with Gasteiger partial charge in [0.1, 0.15) is 0 Å². The van der Waals surface area contributed by atoms with E-state index < -0.39 is 0 Å². The van der Waals surface area contributed by atoms with Gasteiger partial charge in [-0.15, -0.1) is 0 Å². The first-order valence-corrected chi connectivity index (χ1v) is 5.66. The molecule has 0 bridgehead atoms. The lowest BCUT2D eigenvalue weighted by molar-refractivity contribution is 0.620. The molecule has 0 aromatic heterocycles. The third kappa shape index (κ3) is 1.67. The van der Waals surface area contributed by atoms with E-state index in [2.05, 4.69) is 53.0 Å². The lowest BCUT2D eigenvalue weighted by Gasteiger charge is -2.09. The van der Waals surface area contributed by atoms with Gasteiger partial charge in [-0.25, -0.2) is 0 Å². The van der Waals surface area contributed by atoms with E-state index in [9.17, 15) is 0 Å². The van der Waals surface area contributed by atoms with Crippen LogP contribution < -0.4 is 5.43 Å². The number of allylic oxidation sites excluding steroid dienone is 4. The quantitative estimate of drug-likeness (QED) is 0.797. The van der Waals surface area contributed by atoms with E-state index in [4.69, 9.17) is 0 Å². The monoisotopic (exact) mass is 210 g/mol. The molecule has 3 rings (SSSR count). The van der Waals surface area contributed by atoms with Crippen molar-refractivity contribution in [2.45, 2.75) is 18.9 Å². The highest BCUT2D eigenvalue weighted by atomic mass is 15.3. The Morgan fingerprint density at radius 2 is 2.06 bits per heavy atom. The van der Waals surface area contributed by atoms with Gasteiger partial charge < -0.3 is 5.43 Å². The molecule has 1 heterocycles. The van der Waals surface area contributed by atoms with Crippen molar-refractivity contribution in [2.75, 3.05) is 0 Å². The molecule has 2 aliphatic rings. The van der Waals surface area contributed by atoms with Gasteiger partial charge in [-0.2, -0.15) is 5.10 Å². The molecule has 0 spiro atoms. The predicted molar refractivity (Wildman–Crippen MR) is 66.2 cm³/mol. The van der Waals surface area contributed by atoms with Crippen LogP contribution in [0.1, 0.15) is 24.4 Å². The molecular weight excluding hydrogens is 196 g/mol. The average molecular weight is 210 g/mol. The zero-order chi connectivity index (χ0) is 10.8. The lowest BCUT2D eigenvalue weighted by atomic mass is 9.99. The summed E-state index contributed by atoms with van der Waals surface area (Å²) in [6.07, 6.45) is 8.47. The molecular formula is C14H14N2. The van der Waals surface area contributed by atoms with Crippen LogP contribution in [0, 0.1) is 0 Å². The maximum absolute atomic E-state index is 4.43. The summed E-state index contributed by atoms with van der Waals surface area (Å²) in [5.41, 5.74) is 7.09. The summed E-state index contributed by atoms with van der Waals surface area (Å²) in [7, 11) is 0. The van der Waals surface area contributed by atoms with Crippen LogP contribution in [-0.4, -0.2) is 5.71 Å². The Hall–Kier alpha value is -1.83. The molecule has 1 unspecified atom stereocenters. The van der Waals surface area contributed by atoms with Crippen molar-refractivity contribution in [3.63, 3.8) is 0 Å². The Labute approximate surface area is 95.4 Å². The van der Waals surface area contributed by atoms with Gasteiger partial charge in [0, 0.05) is 6.42 Å².